The van der Waals surface area contributed by atoms with Gasteiger partial charge in [0.1, 0.15) is 0 Å². The summed E-state index contributed by atoms with van der Waals surface area (Å²) in [7, 11) is 0. The van der Waals surface area contributed by atoms with Crippen LogP contribution in [0.2, 0.25) is 0 Å². The second-order valence-corrected chi connectivity index (χ2v) is 5.76. The van der Waals surface area contributed by atoms with Gasteiger partial charge in [-0.25, -0.2) is 20.2 Å². The Morgan fingerprint density at radius 3 is 1.81 bits per heavy atom. The number of amides is 2. The Labute approximate surface area is 210 Å². The Morgan fingerprint density at radius 2 is 1.27 bits per heavy atom. The normalized spacial score (nSPS) is 7.84. The minimum Gasteiger partial charge on any atom is -0.280 e. The summed E-state index contributed by atoms with van der Waals surface area (Å²) in [6.45, 7) is 0. The van der Waals surface area contributed by atoms with Crippen molar-refractivity contribution in [1.82, 2.24) is 20.7 Å². The average molecular weight is 487 g/mol. The van der Waals surface area contributed by atoms with E-state index in [1.165, 1.54) is 18.2 Å². The van der Waals surface area contributed by atoms with E-state index in [2.05, 4.69) is 127 Å². The number of nitrogens with one attached hydrogen (secondary N) is 3. The maximum atomic E-state index is 13.0. The molecule has 0 atom stereocenters. The summed E-state index contributed by atoms with van der Waals surface area (Å²) >= 11 is 0. The molecule has 9 heteroatoms. The van der Waals surface area contributed by atoms with Crippen LogP contribution in [0.1, 0.15) is 5.82 Å². The Bertz CT molecular complexity index is 1770. The molecule has 2 aromatic rings. The lowest BCUT2D eigenvalue weighted by Gasteiger charge is -2.12. The fourth-order valence-electron chi connectivity index (χ4n) is 2.01. The van der Waals surface area contributed by atoms with Gasteiger partial charge in [-0.2, -0.15) is 13.2 Å². The second-order valence-electron chi connectivity index (χ2n) is 5.76. The first kappa shape index (κ1) is 26.7. The first-order valence-corrected chi connectivity index (χ1v) is 9.53. The van der Waals surface area contributed by atoms with E-state index in [9.17, 15) is 18.0 Å². The van der Waals surface area contributed by atoms with Gasteiger partial charge in [-0.1, -0.05) is 12.1 Å². The van der Waals surface area contributed by atoms with E-state index < -0.39 is 18.0 Å². The molecule has 2 rings (SSSR count). The van der Waals surface area contributed by atoms with Crippen LogP contribution < -0.4 is 16.2 Å². The summed E-state index contributed by atoms with van der Waals surface area (Å²) in [6, 6.07) is 7.36. The van der Waals surface area contributed by atoms with Crippen molar-refractivity contribution in [2.24, 2.45) is 0 Å². The van der Waals surface area contributed by atoms with Gasteiger partial charge >= 0.3 is 12.2 Å². The molecule has 3 N–H and O–H groups in total. The summed E-state index contributed by atoms with van der Waals surface area (Å²) in [5.41, 5.74) is 4.49. The number of halogens is 3. The number of fused-ring (bicyclic) bond motifs is 1. The van der Waals surface area contributed by atoms with Gasteiger partial charge in [-0.15, -0.1) is 6.42 Å². The Morgan fingerprint density at radius 1 is 0.757 bits per heavy atom. The van der Waals surface area contributed by atoms with E-state index in [1.54, 1.807) is 6.07 Å². The van der Waals surface area contributed by atoms with Crippen LogP contribution >= 0.6 is 0 Å². The minimum absolute atomic E-state index is 0.0459. The van der Waals surface area contributed by atoms with Crippen molar-refractivity contribution >= 4 is 22.8 Å². The number of carbonyl (C=O) groups is 1. The second kappa shape index (κ2) is 14.6. The van der Waals surface area contributed by atoms with Crippen LogP contribution in [0, 0.1) is 107 Å². The van der Waals surface area contributed by atoms with Crippen LogP contribution in [-0.2, 0) is 6.18 Å². The van der Waals surface area contributed by atoms with E-state index in [1.807, 2.05) is 0 Å². The summed E-state index contributed by atoms with van der Waals surface area (Å²) in [5.74, 6) is 36.4. The molecule has 0 saturated carbocycles. The molecule has 0 unspecified atom stereocenters. The van der Waals surface area contributed by atoms with Crippen molar-refractivity contribution in [3.8, 4) is 107 Å². The predicted octanol–water partition coefficient (Wildman–Crippen LogP) is 1.89. The standard InChI is InChI=1S/C28H8F3N5O/c1-2-3-4-5-6-7-8-9-10-11-12-13-14-15-16-19-22-32-27(37)36-35-25-23-20-17-18-21-24(23)33-26(34-25)28(29,30)31/h1,17-18,20-21H,(H2,32,36,37)(H,33,34,35). The van der Waals surface area contributed by atoms with Crippen LogP contribution in [-0.4, -0.2) is 16.0 Å². The van der Waals surface area contributed by atoms with Crippen LogP contribution in [0.5, 0.6) is 0 Å². The number of hydrazine groups is 1. The number of rotatable bonds is 2. The van der Waals surface area contributed by atoms with Crippen molar-refractivity contribution in [1.29, 1.82) is 0 Å². The molecule has 37 heavy (non-hydrogen) atoms. The third kappa shape index (κ3) is 10.3. The molecule has 0 bridgehead atoms. The maximum absolute atomic E-state index is 13.0. The minimum atomic E-state index is -4.77. The summed E-state index contributed by atoms with van der Waals surface area (Å²) in [5, 5.41) is 2.39. The van der Waals surface area contributed by atoms with Gasteiger partial charge in [-0.3, -0.25) is 10.7 Å². The van der Waals surface area contributed by atoms with Gasteiger partial charge in [0.15, 0.2) is 5.82 Å². The van der Waals surface area contributed by atoms with E-state index in [0.29, 0.717) is 0 Å². The van der Waals surface area contributed by atoms with Gasteiger partial charge in [0, 0.05) is 58.8 Å². The van der Waals surface area contributed by atoms with Gasteiger partial charge in [-0.05, 0) is 59.5 Å². The summed E-state index contributed by atoms with van der Waals surface area (Å²) in [4.78, 5) is 18.7. The first-order valence-electron chi connectivity index (χ1n) is 9.53. The van der Waals surface area contributed by atoms with E-state index in [0.717, 1.165) is 0 Å². The van der Waals surface area contributed by atoms with Gasteiger partial charge < -0.3 is 0 Å². The molecule has 6 nitrogen and oxygen atoms in total. The third-order valence-electron chi connectivity index (χ3n) is 3.34. The number of benzene rings is 1. The fourth-order valence-corrected chi connectivity index (χ4v) is 2.01. The number of hydrogen-bond donors (Lipinski definition) is 3. The maximum Gasteiger partial charge on any atom is 0.451 e. The molecule has 0 saturated heterocycles. The van der Waals surface area contributed by atoms with Crippen LogP contribution in [0.3, 0.4) is 0 Å². The highest BCUT2D eigenvalue weighted by molar-refractivity contribution is 5.90. The van der Waals surface area contributed by atoms with Crippen LogP contribution in [0.25, 0.3) is 10.9 Å². The summed E-state index contributed by atoms with van der Waals surface area (Å²) < 4.78 is 39.1. The molecule has 0 aliphatic heterocycles. The zero-order valence-electron chi connectivity index (χ0n) is 18.3. The topological polar surface area (TPSA) is 78.9 Å². The van der Waals surface area contributed by atoms with Gasteiger partial charge in [0.05, 0.1) is 5.52 Å². The summed E-state index contributed by atoms with van der Waals surface area (Å²) in [6.07, 6.45) is 0.149. The van der Waals surface area contributed by atoms with Crippen LogP contribution in [0.15, 0.2) is 24.3 Å². The lowest BCUT2D eigenvalue weighted by molar-refractivity contribution is -0.144. The molecule has 0 aliphatic rings. The highest BCUT2D eigenvalue weighted by atomic mass is 19.4. The number of aromatic nitrogens is 2. The molecule has 1 aromatic carbocycles. The van der Waals surface area contributed by atoms with Gasteiger partial charge in [0.2, 0.25) is 5.82 Å². The first-order chi connectivity index (χ1) is 17.9. The molecule has 0 spiro atoms. The van der Waals surface area contributed by atoms with E-state index >= 15 is 0 Å². The monoisotopic (exact) mass is 487 g/mol. The van der Waals surface area contributed by atoms with Crippen molar-refractivity contribution < 1.29 is 18.0 Å². The zero-order chi connectivity index (χ0) is 26.8. The highest BCUT2D eigenvalue weighted by Gasteiger charge is 2.35. The third-order valence-corrected chi connectivity index (χ3v) is 3.34. The zero-order valence-corrected chi connectivity index (χ0v) is 18.3. The number of hydrogen-bond acceptors (Lipinski definition) is 4. The Kier molecular flexibility index (Phi) is 10.5. The van der Waals surface area contributed by atoms with Crippen LogP contribution in [0.4, 0.5) is 23.8 Å². The van der Waals surface area contributed by atoms with E-state index in [4.69, 9.17) is 6.42 Å². The predicted molar refractivity (Wildman–Crippen MR) is 131 cm³/mol. The molecule has 0 fully saturated rings. The molecule has 1 aromatic heterocycles. The number of anilines is 1. The SMILES string of the molecule is C#CC#CC#CC#CC#CC#CC#CC#CC#CNC(=O)NNc1nc(C(F)(F)F)nc2ccccc12. The van der Waals surface area contributed by atoms with Crippen molar-refractivity contribution in [3.05, 3.63) is 30.1 Å². The quantitative estimate of drug-likeness (QED) is 0.344. The number of nitrogens with zero attached hydrogens (tertiary/aromatic N) is 2. The number of terminal acetylenes is 1. The number of alkyl halides is 3. The number of carbonyl (C=O) groups excluding carboxylic acids is 1. The Hall–Kier alpha value is -6.54. The van der Waals surface area contributed by atoms with E-state index in [-0.39, 0.29) is 16.7 Å². The van der Waals surface area contributed by atoms with Crippen molar-refractivity contribution in [2.75, 3.05) is 5.43 Å². The lowest BCUT2D eigenvalue weighted by atomic mass is 10.2. The van der Waals surface area contributed by atoms with Crippen molar-refractivity contribution in [3.63, 3.8) is 0 Å². The molecular formula is C28H8F3N5O. The fraction of sp³-hybridized carbons (Fsp3) is 0.0357. The molecule has 172 valence electrons. The Balaban J connectivity index is 1.86. The molecule has 0 aliphatic carbocycles. The van der Waals surface area contributed by atoms with Crippen molar-refractivity contribution in [2.45, 2.75) is 6.18 Å². The van der Waals surface area contributed by atoms with Gasteiger partial charge in [0.25, 0.3) is 0 Å². The molecule has 0 radical (unpaired) electrons. The smallest absolute Gasteiger partial charge is 0.280 e. The number of para-hydroxylation sites is 1. The average Bonchev–Trinajstić information content (AvgIpc) is 2.88. The molecular weight excluding hydrogens is 479 g/mol. The highest BCUT2D eigenvalue weighted by Crippen LogP contribution is 2.29. The molecule has 1 heterocycles. The molecule has 2 amide bonds. The number of urea groups is 1. The lowest BCUT2D eigenvalue weighted by Crippen LogP contribution is -2.37. The largest absolute Gasteiger partial charge is 0.451 e.